The third kappa shape index (κ3) is 5.96. The molecule has 1 heterocycles. The van der Waals surface area contributed by atoms with Crippen molar-refractivity contribution in [1.29, 1.82) is 0 Å². The molecule has 5 rings (SSSR count). The first-order chi connectivity index (χ1) is 18.9. The van der Waals surface area contributed by atoms with Crippen molar-refractivity contribution in [3.8, 4) is 11.1 Å². The Labute approximate surface area is 236 Å². The zero-order valence-corrected chi connectivity index (χ0v) is 23.4. The Balaban J connectivity index is 1.36. The molecule has 0 radical (unpaired) electrons. The second-order valence-corrected chi connectivity index (χ2v) is 10.3. The molecule has 39 heavy (non-hydrogen) atoms. The van der Waals surface area contributed by atoms with Crippen LogP contribution in [0.5, 0.6) is 0 Å². The summed E-state index contributed by atoms with van der Waals surface area (Å²) in [5.74, 6) is -0.425. The normalized spacial score (nSPS) is 11.8. The maximum atomic E-state index is 13.0. The highest BCUT2D eigenvalue weighted by molar-refractivity contribution is 9.10. The molecule has 0 saturated carbocycles. The van der Waals surface area contributed by atoms with Crippen molar-refractivity contribution in [3.05, 3.63) is 130 Å². The van der Waals surface area contributed by atoms with Crippen molar-refractivity contribution in [1.82, 2.24) is 9.88 Å². The molecule has 0 spiro atoms. The average molecular weight is 582 g/mol. The summed E-state index contributed by atoms with van der Waals surface area (Å²) in [5, 5.41) is 4.10. The zero-order chi connectivity index (χ0) is 27.4. The molecule has 0 aliphatic rings. The van der Waals surface area contributed by atoms with E-state index in [2.05, 4.69) is 37.9 Å². The van der Waals surface area contributed by atoms with Gasteiger partial charge in [-0.1, -0.05) is 64.5 Å². The summed E-state index contributed by atoms with van der Waals surface area (Å²) in [4.78, 5) is 25.3. The fourth-order valence-electron chi connectivity index (χ4n) is 4.75. The lowest BCUT2D eigenvalue weighted by Crippen LogP contribution is -2.26. The summed E-state index contributed by atoms with van der Waals surface area (Å²) < 4.78 is 8.37. The Morgan fingerprint density at radius 3 is 2.49 bits per heavy atom. The number of ether oxygens (including phenoxy) is 1. The van der Waals surface area contributed by atoms with E-state index in [1.807, 2.05) is 92.0 Å². The minimum Gasteiger partial charge on any atom is -0.462 e. The molecule has 6 heteroatoms. The molecule has 1 aromatic heterocycles. The van der Waals surface area contributed by atoms with Gasteiger partial charge in [0.05, 0.1) is 18.2 Å². The van der Waals surface area contributed by atoms with E-state index in [0.29, 0.717) is 24.3 Å². The summed E-state index contributed by atoms with van der Waals surface area (Å²) in [5.41, 5.74) is 6.40. The summed E-state index contributed by atoms with van der Waals surface area (Å²) in [6.45, 7) is 4.78. The highest BCUT2D eigenvalue weighted by Crippen LogP contribution is 2.27. The molecule has 0 aliphatic carbocycles. The van der Waals surface area contributed by atoms with Crippen LogP contribution in [0.3, 0.4) is 0 Å². The molecule has 5 aromatic rings. The number of fused-ring (bicyclic) bond motifs is 1. The number of nitrogens with one attached hydrogen (secondary N) is 1. The molecule has 1 amide bonds. The molecule has 1 N–H and O–H groups in total. The lowest BCUT2D eigenvalue weighted by Gasteiger charge is -2.15. The van der Waals surface area contributed by atoms with Gasteiger partial charge in [0.2, 0.25) is 0 Å². The number of aromatic nitrogens is 1. The third-order valence-electron chi connectivity index (χ3n) is 6.79. The first-order valence-electron chi connectivity index (χ1n) is 12.9. The van der Waals surface area contributed by atoms with Crippen molar-refractivity contribution in [2.24, 2.45) is 0 Å². The van der Waals surface area contributed by atoms with Crippen molar-refractivity contribution < 1.29 is 14.3 Å². The molecule has 0 bridgehead atoms. The van der Waals surface area contributed by atoms with Gasteiger partial charge in [0.25, 0.3) is 5.91 Å². The minimum atomic E-state index is -0.320. The number of hydrogen-bond acceptors (Lipinski definition) is 3. The van der Waals surface area contributed by atoms with Gasteiger partial charge in [-0.15, -0.1) is 0 Å². The van der Waals surface area contributed by atoms with Crippen LogP contribution in [-0.2, 0) is 11.3 Å². The summed E-state index contributed by atoms with van der Waals surface area (Å²) in [6, 6.07) is 31.4. The molecule has 0 fully saturated rings. The number of hydrogen-bond donors (Lipinski definition) is 1. The molecule has 0 unspecified atom stereocenters. The van der Waals surface area contributed by atoms with Crippen LogP contribution in [0.1, 0.15) is 51.7 Å². The Kier molecular flexibility index (Phi) is 7.94. The summed E-state index contributed by atoms with van der Waals surface area (Å²) in [6.07, 6.45) is 2.04. The van der Waals surface area contributed by atoms with E-state index in [9.17, 15) is 9.59 Å². The lowest BCUT2D eigenvalue weighted by atomic mass is 9.98. The molecule has 196 valence electrons. The van der Waals surface area contributed by atoms with Gasteiger partial charge in [-0.2, -0.15) is 0 Å². The fraction of sp³-hybridized carbons (Fsp3) is 0.152. The predicted molar refractivity (Wildman–Crippen MR) is 159 cm³/mol. The quantitative estimate of drug-likeness (QED) is 0.190. The van der Waals surface area contributed by atoms with Gasteiger partial charge in [0, 0.05) is 33.7 Å². The molecular weight excluding hydrogens is 552 g/mol. The number of carbonyl (C=O) groups is 2. The average Bonchev–Trinajstić information content (AvgIpc) is 3.35. The topological polar surface area (TPSA) is 60.3 Å². The second-order valence-electron chi connectivity index (χ2n) is 9.42. The third-order valence-corrected chi connectivity index (χ3v) is 7.32. The maximum Gasteiger partial charge on any atom is 0.338 e. The van der Waals surface area contributed by atoms with E-state index >= 15 is 0 Å². The van der Waals surface area contributed by atoms with E-state index < -0.39 is 0 Å². The molecule has 0 aliphatic heterocycles. The molecule has 5 nitrogen and oxygen atoms in total. The van der Waals surface area contributed by atoms with Gasteiger partial charge in [0.1, 0.15) is 0 Å². The van der Waals surface area contributed by atoms with Crippen LogP contribution in [0, 0.1) is 0 Å². The number of esters is 1. The number of rotatable bonds is 8. The molecule has 4 aromatic carbocycles. The maximum absolute atomic E-state index is 13.0. The zero-order valence-electron chi connectivity index (χ0n) is 21.9. The number of benzene rings is 4. The van der Waals surface area contributed by atoms with Crippen LogP contribution in [0.15, 0.2) is 108 Å². The van der Waals surface area contributed by atoms with E-state index in [0.717, 1.165) is 37.6 Å². The standard InChI is InChI=1S/C33H29BrN2O3/c1-3-39-33(38)27-9-6-8-24(19-27)30-10-5-4-7-28(30)21-36-18-17-25-20-26(13-16-31(25)36)32(37)35-22(2)23-11-14-29(34)15-12-23/h4-20,22H,3,21H2,1-2H3,(H,35,37)/t22-/m0/s1. The first-order valence-corrected chi connectivity index (χ1v) is 13.7. The smallest absolute Gasteiger partial charge is 0.338 e. The van der Waals surface area contributed by atoms with Crippen molar-refractivity contribution in [3.63, 3.8) is 0 Å². The monoisotopic (exact) mass is 580 g/mol. The molecule has 0 saturated heterocycles. The van der Waals surface area contributed by atoms with Gasteiger partial charge in [-0.3, -0.25) is 4.79 Å². The lowest BCUT2D eigenvalue weighted by molar-refractivity contribution is 0.0526. The van der Waals surface area contributed by atoms with E-state index in [1.54, 1.807) is 13.0 Å². The van der Waals surface area contributed by atoms with Gasteiger partial charge in [-0.05, 0) is 84.6 Å². The van der Waals surface area contributed by atoms with Crippen LogP contribution >= 0.6 is 15.9 Å². The second kappa shape index (κ2) is 11.7. The Morgan fingerprint density at radius 2 is 1.69 bits per heavy atom. The number of carbonyl (C=O) groups excluding carboxylic acids is 2. The van der Waals surface area contributed by atoms with Gasteiger partial charge >= 0.3 is 5.97 Å². The SMILES string of the molecule is CCOC(=O)c1cccc(-c2ccccc2Cn2ccc3cc(C(=O)N[C@@H](C)c4ccc(Br)cc4)ccc32)c1. The first kappa shape index (κ1) is 26.4. The number of nitrogens with zero attached hydrogens (tertiary/aromatic N) is 1. The van der Waals surface area contributed by atoms with Crippen molar-refractivity contribution in [2.75, 3.05) is 6.61 Å². The molecular formula is C33H29BrN2O3. The number of amides is 1. The highest BCUT2D eigenvalue weighted by atomic mass is 79.9. The largest absolute Gasteiger partial charge is 0.462 e. The van der Waals surface area contributed by atoms with Crippen LogP contribution in [0.25, 0.3) is 22.0 Å². The van der Waals surface area contributed by atoms with Gasteiger partial charge in [-0.25, -0.2) is 4.79 Å². The Morgan fingerprint density at radius 1 is 0.897 bits per heavy atom. The minimum absolute atomic E-state index is 0.105. The van der Waals surface area contributed by atoms with Crippen LogP contribution in [0.2, 0.25) is 0 Å². The Hall–Kier alpha value is -4.16. The summed E-state index contributed by atoms with van der Waals surface area (Å²) in [7, 11) is 0. The van der Waals surface area contributed by atoms with Crippen molar-refractivity contribution >= 4 is 38.7 Å². The van der Waals surface area contributed by atoms with Gasteiger partial charge < -0.3 is 14.6 Å². The van der Waals surface area contributed by atoms with E-state index in [1.165, 1.54) is 0 Å². The molecule has 1 atom stereocenters. The van der Waals surface area contributed by atoms with Gasteiger partial charge in [0.15, 0.2) is 0 Å². The van der Waals surface area contributed by atoms with E-state index in [4.69, 9.17) is 4.74 Å². The van der Waals surface area contributed by atoms with E-state index in [-0.39, 0.29) is 17.9 Å². The van der Waals surface area contributed by atoms with Crippen molar-refractivity contribution in [2.45, 2.75) is 26.4 Å². The van der Waals surface area contributed by atoms with Crippen LogP contribution in [-0.4, -0.2) is 23.1 Å². The predicted octanol–water partition coefficient (Wildman–Crippen LogP) is 7.79. The van der Waals surface area contributed by atoms with Crippen LogP contribution < -0.4 is 5.32 Å². The highest BCUT2D eigenvalue weighted by Gasteiger charge is 2.14. The number of halogens is 1. The van der Waals surface area contributed by atoms with Crippen LogP contribution in [0.4, 0.5) is 0 Å². The Bertz CT molecular complexity index is 1640. The fourth-order valence-corrected chi connectivity index (χ4v) is 5.01. The summed E-state index contributed by atoms with van der Waals surface area (Å²) >= 11 is 3.45.